The number of fused-ring (bicyclic) bond motifs is 2. The minimum Gasteiger partial charge on any atom is -0.394 e. The summed E-state index contributed by atoms with van der Waals surface area (Å²) < 4.78 is 19.2. The third-order valence-corrected chi connectivity index (χ3v) is 4.29. The average molecular weight is 342 g/mol. The Balaban J connectivity index is 1.82. The Labute approximate surface area is 136 Å². The number of hydrogen-bond acceptors (Lipinski definition) is 8. The van der Waals surface area contributed by atoms with Crippen molar-refractivity contribution in [3.05, 3.63) is 11.6 Å². The predicted octanol–water partition coefficient (Wildman–Crippen LogP) is 0.472. The van der Waals surface area contributed by atoms with Gasteiger partial charge in [0.25, 0.3) is 0 Å². The second kappa shape index (κ2) is 4.99. The number of hydrogen-bond donors (Lipinski definition) is 2. The first-order chi connectivity index (χ1) is 10.9. The summed E-state index contributed by atoms with van der Waals surface area (Å²) in [5.74, 6) is -0.547. The van der Waals surface area contributed by atoms with E-state index in [9.17, 15) is 5.11 Å². The Hall–Kier alpha value is -1.52. The van der Waals surface area contributed by atoms with Gasteiger partial charge in [0.2, 0.25) is 5.28 Å². The molecule has 3 N–H and O–H groups in total. The molecule has 10 heteroatoms. The Morgan fingerprint density at radius 2 is 2.09 bits per heavy atom. The van der Waals surface area contributed by atoms with E-state index < -0.39 is 30.3 Å². The number of halogens is 1. The molecule has 23 heavy (non-hydrogen) atoms. The molecule has 124 valence electrons. The number of aliphatic hydroxyl groups excluding tert-OH is 1. The first kappa shape index (κ1) is 15.0. The van der Waals surface area contributed by atoms with Gasteiger partial charge in [-0.15, -0.1) is 0 Å². The maximum Gasteiger partial charge on any atom is 0.207 e. The number of aromatic nitrogens is 4. The van der Waals surface area contributed by atoms with E-state index in [-0.39, 0.29) is 17.7 Å². The Bertz CT molecular complexity index is 766. The van der Waals surface area contributed by atoms with Crippen molar-refractivity contribution in [2.45, 2.75) is 44.2 Å². The average Bonchev–Trinajstić information content (AvgIpc) is 3.08. The standard InChI is InChI=1S/C13H16ClN5O4/c1-13(2)22-7-5(3-20)21-11(8(7)23-13)19-10-6(18-12(19)14)9(15)16-4-17-10/h4-5,7-8,11,20H,3H2,1-2H3,(H2,15,16,17)/t5-,7?,8+,11-/m1/s1. The molecule has 0 amide bonds. The fourth-order valence-corrected chi connectivity index (χ4v) is 3.40. The van der Waals surface area contributed by atoms with Gasteiger partial charge in [-0.1, -0.05) is 0 Å². The first-order valence-electron chi connectivity index (χ1n) is 7.17. The molecule has 0 bridgehead atoms. The predicted molar refractivity (Wildman–Crippen MR) is 79.6 cm³/mol. The van der Waals surface area contributed by atoms with E-state index in [1.807, 2.05) is 13.8 Å². The van der Waals surface area contributed by atoms with E-state index in [2.05, 4.69) is 15.0 Å². The lowest BCUT2D eigenvalue weighted by molar-refractivity contribution is -0.199. The van der Waals surface area contributed by atoms with Gasteiger partial charge in [-0.25, -0.2) is 15.0 Å². The Morgan fingerprint density at radius 1 is 1.35 bits per heavy atom. The van der Waals surface area contributed by atoms with Gasteiger partial charge in [0.15, 0.2) is 29.0 Å². The first-order valence-corrected chi connectivity index (χ1v) is 7.55. The Kier molecular flexibility index (Phi) is 3.26. The molecule has 0 spiro atoms. The molecule has 2 aliphatic heterocycles. The fourth-order valence-electron chi connectivity index (χ4n) is 3.14. The zero-order valence-corrected chi connectivity index (χ0v) is 13.3. The molecule has 4 heterocycles. The zero-order chi connectivity index (χ0) is 16.4. The quantitative estimate of drug-likeness (QED) is 0.757. The van der Waals surface area contributed by atoms with E-state index >= 15 is 0 Å². The van der Waals surface area contributed by atoms with E-state index in [1.165, 1.54) is 6.33 Å². The summed E-state index contributed by atoms with van der Waals surface area (Å²) in [6, 6.07) is 0. The van der Waals surface area contributed by atoms with Crippen molar-refractivity contribution in [3.8, 4) is 0 Å². The van der Waals surface area contributed by atoms with Crippen LogP contribution in [0.15, 0.2) is 6.33 Å². The molecule has 1 unspecified atom stereocenters. The molecule has 0 aliphatic carbocycles. The summed E-state index contributed by atoms with van der Waals surface area (Å²) in [7, 11) is 0. The summed E-state index contributed by atoms with van der Waals surface area (Å²) in [6.45, 7) is 3.42. The van der Waals surface area contributed by atoms with Crippen LogP contribution in [-0.2, 0) is 14.2 Å². The molecule has 2 aromatic rings. The monoisotopic (exact) mass is 341 g/mol. The van der Waals surface area contributed by atoms with Gasteiger partial charge in [-0.2, -0.15) is 0 Å². The molecule has 9 nitrogen and oxygen atoms in total. The van der Waals surface area contributed by atoms with Crippen LogP contribution in [0, 0.1) is 0 Å². The summed E-state index contributed by atoms with van der Waals surface area (Å²) in [5, 5.41) is 9.72. The number of imidazole rings is 1. The lowest BCUT2D eigenvalue weighted by Crippen LogP contribution is -2.31. The highest BCUT2D eigenvalue weighted by Crippen LogP contribution is 2.44. The minimum atomic E-state index is -0.776. The number of nitrogens with zero attached hydrogens (tertiary/aromatic N) is 4. The van der Waals surface area contributed by atoms with Crippen LogP contribution < -0.4 is 5.73 Å². The van der Waals surface area contributed by atoms with Crippen molar-refractivity contribution in [1.82, 2.24) is 19.5 Å². The molecular weight excluding hydrogens is 326 g/mol. The summed E-state index contributed by atoms with van der Waals surface area (Å²) in [5.41, 5.74) is 6.65. The van der Waals surface area contributed by atoms with Crippen molar-refractivity contribution in [1.29, 1.82) is 0 Å². The van der Waals surface area contributed by atoms with Crippen LogP contribution >= 0.6 is 11.6 Å². The topological polar surface area (TPSA) is 118 Å². The molecule has 4 atom stereocenters. The number of anilines is 1. The number of rotatable bonds is 2. The van der Waals surface area contributed by atoms with Crippen molar-refractivity contribution in [2.24, 2.45) is 0 Å². The van der Waals surface area contributed by atoms with Crippen molar-refractivity contribution in [3.63, 3.8) is 0 Å². The highest BCUT2D eigenvalue weighted by molar-refractivity contribution is 6.29. The van der Waals surface area contributed by atoms with E-state index in [0.717, 1.165) is 0 Å². The third kappa shape index (κ3) is 2.19. The summed E-state index contributed by atoms with van der Waals surface area (Å²) in [6.07, 6.45) is -0.691. The molecule has 2 aromatic heterocycles. The van der Waals surface area contributed by atoms with Crippen LogP contribution in [0.1, 0.15) is 20.1 Å². The maximum absolute atomic E-state index is 9.56. The van der Waals surface area contributed by atoms with Crippen molar-refractivity contribution in [2.75, 3.05) is 12.3 Å². The van der Waals surface area contributed by atoms with Gasteiger partial charge in [0, 0.05) is 0 Å². The molecule has 2 aliphatic rings. The minimum absolute atomic E-state index is 0.155. The molecule has 0 aromatic carbocycles. The largest absolute Gasteiger partial charge is 0.394 e. The van der Waals surface area contributed by atoms with Crippen molar-refractivity contribution >= 4 is 28.6 Å². The Morgan fingerprint density at radius 3 is 2.83 bits per heavy atom. The molecule has 2 fully saturated rings. The highest BCUT2D eigenvalue weighted by atomic mass is 35.5. The van der Waals surface area contributed by atoms with Gasteiger partial charge < -0.3 is 25.1 Å². The SMILES string of the molecule is CC1(C)OC2[C@@H](CO)O[C@@H](n3c(Cl)nc4c(N)ncnc43)[C@H]2O1. The van der Waals surface area contributed by atoms with Crippen LogP contribution in [0.5, 0.6) is 0 Å². The van der Waals surface area contributed by atoms with Crippen molar-refractivity contribution < 1.29 is 19.3 Å². The van der Waals surface area contributed by atoms with Gasteiger partial charge in [-0.3, -0.25) is 4.57 Å². The second-order valence-electron chi connectivity index (χ2n) is 5.99. The number of nitrogen functional groups attached to an aromatic ring is 1. The number of aliphatic hydroxyl groups is 1. The van der Waals surface area contributed by atoms with E-state index in [4.69, 9.17) is 31.5 Å². The third-order valence-electron chi connectivity index (χ3n) is 4.02. The lowest BCUT2D eigenvalue weighted by Gasteiger charge is -2.24. The number of nitrogens with two attached hydrogens (primary N) is 1. The normalized spacial score (nSPS) is 32.5. The fraction of sp³-hybridized carbons (Fsp3) is 0.615. The molecule has 0 saturated carbocycles. The molecule has 2 saturated heterocycles. The molecule has 0 radical (unpaired) electrons. The van der Waals surface area contributed by atoms with Gasteiger partial charge in [-0.05, 0) is 25.4 Å². The van der Waals surface area contributed by atoms with Gasteiger partial charge in [0.05, 0.1) is 6.61 Å². The van der Waals surface area contributed by atoms with Crippen LogP contribution in [0.2, 0.25) is 5.28 Å². The van der Waals surface area contributed by atoms with E-state index in [0.29, 0.717) is 11.2 Å². The zero-order valence-electron chi connectivity index (χ0n) is 12.5. The summed E-state index contributed by atoms with van der Waals surface area (Å²) >= 11 is 6.26. The molecule has 4 rings (SSSR count). The lowest BCUT2D eigenvalue weighted by atomic mass is 10.1. The maximum atomic E-state index is 9.56. The smallest absolute Gasteiger partial charge is 0.207 e. The van der Waals surface area contributed by atoms with Gasteiger partial charge in [0.1, 0.15) is 24.6 Å². The van der Waals surface area contributed by atoms with Gasteiger partial charge >= 0.3 is 0 Å². The summed E-state index contributed by atoms with van der Waals surface area (Å²) in [4.78, 5) is 12.3. The molecular formula is C13H16ClN5O4. The van der Waals surface area contributed by atoms with Crippen LogP contribution in [0.25, 0.3) is 11.2 Å². The number of ether oxygens (including phenoxy) is 3. The highest BCUT2D eigenvalue weighted by Gasteiger charge is 2.56. The van der Waals surface area contributed by atoms with Crippen LogP contribution in [-0.4, -0.2) is 55.3 Å². The van der Waals surface area contributed by atoms with Crippen LogP contribution in [0.4, 0.5) is 5.82 Å². The second-order valence-corrected chi connectivity index (χ2v) is 6.33. The van der Waals surface area contributed by atoms with E-state index in [1.54, 1.807) is 4.57 Å². The van der Waals surface area contributed by atoms with Crippen LogP contribution in [0.3, 0.4) is 0 Å².